The fraction of sp³-hybridized carbons (Fsp3) is 0.538. The second-order valence-corrected chi connectivity index (χ2v) is 17.3. The van der Waals surface area contributed by atoms with E-state index in [1.54, 1.807) is 0 Å². The van der Waals surface area contributed by atoms with Gasteiger partial charge < -0.3 is 14.2 Å². The van der Waals surface area contributed by atoms with Crippen molar-refractivity contribution in [2.24, 2.45) is 0 Å². The van der Waals surface area contributed by atoms with E-state index < -0.39 is 6.10 Å². The van der Waals surface area contributed by atoms with Crippen LogP contribution in [0.3, 0.4) is 0 Å². The molecule has 1 atom stereocenters. The molecule has 0 amide bonds. The van der Waals surface area contributed by atoms with Gasteiger partial charge in [-0.1, -0.05) is 217 Å². The molecule has 0 aromatic carbocycles. The van der Waals surface area contributed by atoms with Gasteiger partial charge in [-0.15, -0.1) is 0 Å². The van der Waals surface area contributed by atoms with Crippen LogP contribution in [-0.2, 0) is 23.8 Å². The van der Waals surface area contributed by atoms with Gasteiger partial charge in [0.15, 0.2) is 6.10 Å². The monoisotopic (exact) mass is 961 g/mol. The summed E-state index contributed by atoms with van der Waals surface area (Å²) in [6.45, 7) is 7.26. The fourth-order valence-corrected chi connectivity index (χ4v) is 6.74. The summed E-state index contributed by atoms with van der Waals surface area (Å²) < 4.78 is 17.3. The van der Waals surface area contributed by atoms with Crippen LogP contribution >= 0.6 is 0 Å². The molecule has 390 valence electrons. The summed E-state index contributed by atoms with van der Waals surface area (Å²) in [6, 6.07) is 0. The molecular weight excluding hydrogens is 861 g/mol. The van der Waals surface area contributed by atoms with Crippen molar-refractivity contribution in [3.63, 3.8) is 0 Å². The Morgan fingerprint density at radius 1 is 0.314 bits per heavy atom. The number of hydrogen-bond donors (Lipinski definition) is 0. The molecule has 0 rings (SSSR count). The van der Waals surface area contributed by atoms with Crippen LogP contribution in [0.25, 0.3) is 0 Å². The highest BCUT2D eigenvalue weighted by atomic mass is 16.6. The standard InChI is InChI=1S/C65H100O5/c1-4-7-10-13-16-19-22-25-28-30-32-34-36-39-42-45-48-51-54-57-60-68-61-63(70-65(67)59-56-53-50-47-44-41-37-27-24-21-18-15-12-9-6-3)62-69-64(66)58-55-52-49-46-43-40-38-35-33-31-29-26-23-20-17-14-11-8-5-2/h7-12,16-21,25-29,32-35,37,39-40,42-43,48,51,63H,4-6,13-15,22-24,30-31,36,38,41,44-47,49-50,52-62H2,1-3H3/b10-7-,11-8-,12-9-,19-16-,20-17-,21-18-,28-25-,29-26-,34-32-,35-33-,37-27-,42-39-,43-40-,51-48-. The molecule has 0 spiro atoms. The second-order valence-electron chi connectivity index (χ2n) is 17.3. The SMILES string of the molecule is CC/C=C\C/C=C\C/C=C\C/C=C\C/C=C\C/C=C\CCCOCC(COC(=O)CCCCC/C=C\C/C=C\C/C=C\C/C=C\C/C=C\CC)OC(=O)CCCCCCC/C=C\C/C=C\C/C=C\CC. The highest BCUT2D eigenvalue weighted by Gasteiger charge is 2.17. The van der Waals surface area contributed by atoms with Crippen molar-refractivity contribution in [1.29, 1.82) is 0 Å². The normalized spacial score (nSPS) is 13.6. The Hall–Kier alpha value is -4.74. The van der Waals surface area contributed by atoms with E-state index in [0.717, 1.165) is 161 Å². The molecule has 0 bridgehead atoms. The fourth-order valence-electron chi connectivity index (χ4n) is 6.74. The van der Waals surface area contributed by atoms with Crippen molar-refractivity contribution in [3.05, 3.63) is 170 Å². The summed E-state index contributed by atoms with van der Waals surface area (Å²) in [5.74, 6) is -0.501. The lowest BCUT2D eigenvalue weighted by Gasteiger charge is -2.18. The minimum absolute atomic E-state index is 0.0248. The van der Waals surface area contributed by atoms with E-state index in [1.165, 1.54) is 6.42 Å². The molecule has 0 heterocycles. The summed E-state index contributed by atoms with van der Waals surface area (Å²) in [7, 11) is 0. The molecule has 0 saturated heterocycles. The number of allylic oxidation sites excluding steroid dienone is 28. The van der Waals surface area contributed by atoms with Crippen LogP contribution in [0.2, 0.25) is 0 Å². The van der Waals surface area contributed by atoms with Gasteiger partial charge in [0.1, 0.15) is 6.61 Å². The van der Waals surface area contributed by atoms with Crippen LogP contribution in [0.4, 0.5) is 0 Å². The highest BCUT2D eigenvalue weighted by Crippen LogP contribution is 2.11. The molecule has 0 fully saturated rings. The summed E-state index contributed by atoms with van der Waals surface area (Å²) in [5.41, 5.74) is 0. The average Bonchev–Trinajstić information content (AvgIpc) is 3.36. The van der Waals surface area contributed by atoms with Crippen LogP contribution in [0.1, 0.15) is 201 Å². The predicted molar refractivity (Wildman–Crippen MR) is 306 cm³/mol. The summed E-state index contributed by atoms with van der Waals surface area (Å²) in [6.07, 6.45) is 88.1. The van der Waals surface area contributed by atoms with Gasteiger partial charge in [0, 0.05) is 19.4 Å². The van der Waals surface area contributed by atoms with Gasteiger partial charge in [-0.2, -0.15) is 0 Å². The first kappa shape index (κ1) is 65.3. The zero-order valence-corrected chi connectivity index (χ0v) is 44.7. The molecule has 0 N–H and O–H groups in total. The van der Waals surface area contributed by atoms with Crippen LogP contribution in [0.15, 0.2) is 170 Å². The molecule has 0 radical (unpaired) electrons. The van der Waals surface area contributed by atoms with Crippen molar-refractivity contribution in [1.82, 2.24) is 0 Å². The highest BCUT2D eigenvalue weighted by molar-refractivity contribution is 5.70. The Labute approximate surface area is 430 Å². The topological polar surface area (TPSA) is 61.8 Å². The van der Waals surface area contributed by atoms with Gasteiger partial charge >= 0.3 is 11.9 Å². The molecule has 5 nitrogen and oxygen atoms in total. The van der Waals surface area contributed by atoms with Crippen molar-refractivity contribution >= 4 is 11.9 Å². The summed E-state index contributed by atoms with van der Waals surface area (Å²) >= 11 is 0. The van der Waals surface area contributed by atoms with E-state index >= 15 is 0 Å². The third-order valence-corrected chi connectivity index (χ3v) is 10.7. The minimum atomic E-state index is -0.605. The molecule has 0 aliphatic heterocycles. The number of rotatable bonds is 48. The Morgan fingerprint density at radius 3 is 0.971 bits per heavy atom. The van der Waals surface area contributed by atoms with Gasteiger partial charge in [-0.05, 0) is 141 Å². The first-order valence-electron chi connectivity index (χ1n) is 27.7. The number of carbonyl (C=O) groups is 2. The van der Waals surface area contributed by atoms with Gasteiger partial charge in [0.2, 0.25) is 0 Å². The van der Waals surface area contributed by atoms with Crippen LogP contribution < -0.4 is 0 Å². The number of carbonyl (C=O) groups excluding carboxylic acids is 2. The van der Waals surface area contributed by atoms with E-state index in [0.29, 0.717) is 19.4 Å². The smallest absolute Gasteiger partial charge is 0.306 e. The quantitative estimate of drug-likeness (QED) is 0.0345. The van der Waals surface area contributed by atoms with Gasteiger partial charge in [0.25, 0.3) is 0 Å². The largest absolute Gasteiger partial charge is 0.462 e. The first-order chi connectivity index (χ1) is 34.6. The molecule has 0 saturated carbocycles. The Bertz CT molecular complexity index is 1600. The lowest BCUT2D eigenvalue weighted by Crippen LogP contribution is -2.30. The van der Waals surface area contributed by atoms with Crippen LogP contribution in [0.5, 0.6) is 0 Å². The molecule has 1 unspecified atom stereocenters. The molecule has 70 heavy (non-hydrogen) atoms. The first-order valence-corrected chi connectivity index (χ1v) is 27.7. The summed E-state index contributed by atoms with van der Waals surface area (Å²) in [4.78, 5) is 25.5. The number of ether oxygens (including phenoxy) is 3. The van der Waals surface area contributed by atoms with E-state index in [-0.39, 0.29) is 25.2 Å². The molecule has 0 aliphatic carbocycles. The third-order valence-electron chi connectivity index (χ3n) is 10.7. The molecule has 5 heteroatoms. The Kier molecular flexibility index (Phi) is 54.6. The van der Waals surface area contributed by atoms with E-state index in [4.69, 9.17) is 14.2 Å². The Morgan fingerprint density at radius 2 is 0.600 bits per heavy atom. The maximum absolute atomic E-state index is 12.8. The third kappa shape index (κ3) is 55.9. The lowest BCUT2D eigenvalue weighted by molar-refractivity contribution is -0.163. The molecular formula is C65H100O5. The number of esters is 2. The van der Waals surface area contributed by atoms with Gasteiger partial charge in [0.05, 0.1) is 6.61 Å². The average molecular weight is 962 g/mol. The van der Waals surface area contributed by atoms with Crippen molar-refractivity contribution < 1.29 is 23.8 Å². The summed E-state index contributed by atoms with van der Waals surface area (Å²) in [5, 5.41) is 0. The zero-order valence-electron chi connectivity index (χ0n) is 44.7. The van der Waals surface area contributed by atoms with E-state index in [1.807, 2.05) is 0 Å². The minimum Gasteiger partial charge on any atom is -0.462 e. The molecule has 0 aliphatic rings. The lowest BCUT2D eigenvalue weighted by atomic mass is 10.1. The predicted octanol–water partition coefficient (Wildman–Crippen LogP) is 19.2. The van der Waals surface area contributed by atoms with Crippen LogP contribution in [0, 0.1) is 0 Å². The molecule has 0 aromatic heterocycles. The van der Waals surface area contributed by atoms with Crippen LogP contribution in [-0.4, -0.2) is 37.9 Å². The van der Waals surface area contributed by atoms with Crippen molar-refractivity contribution in [2.75, 3.05) is 19.8 Å². The molecule has 0 aromatic rings. The number of unbranched alkanes of at least 4 members (excludes halogenated alkanes) is 9. The van der Waals surface area contributed by atoms with Gasteiger partial charge in [-0.3, -0.25) is 9.59 Å². The maximum Gasteiger partial charge on any atom is 0.306 e. The maximum atomic E-state index is 12.8. The zero-order chi connectivity index (χ0) is 50.6. The second kappa shape index (κ2) is 58.6. The van der Waals surface area contributed by atoms with Gasteiger partial charge in [-0.25, -0.2) is 0 Å². The van der Waals surface area contributed by atoms with E-state index in [2.05, 4.69) is 191 Å². The van der Waals surface area contributed by atoms with Crippen molar-refractivity contribution in [3.8, 4) is 0 Å². The Balaban J connectivity index is 4.51. The number of hydrogen-bond acceptors (Lipinski definition) is 5. The van der Waals surface area contributed by atoms with Crippen molar-refractivity contribution in [2.45, 2.75) is 207 Å². The van der Waals surface area contributed by atoms with E-state index in [9.17, 15) is 9.59 Å².